The summed E-state index contributed by atoms with van der Waals surface area (Å²) in [5.41, 5.74) is 0.498. The van der Waals surface area contributed by atoms with E-state index < -0.39 is 31.0 Å². The zero-order valence-electron chi connectivity index (χ0n) is 15.3. The first-order valence-corrected chi connectivity index (χ1v) is 12.6. The molecular weight excluding hydrogens is 388 g/mol. The second-order valence-corrected chi connectivity index (χ2v) is 11.8. The molecule has 0 spiro atoms. The van der Waals surface area contributed by atoms with Gasteiger partial charge >= 0.3 is 0 Å². The Morgan fingerprint density at radius 2 is 1.67 bits per heavy atom. The molecule has 0 radical (unpaired) electrons. The van der Waals surface area contributed by atoms with Gasteiger partial charge in [0.05, 0.1) is 21.7 Å². The lowest BCUT2D eigenvalue weighted by atomic mass is 9.95. The quantitative estimate of drug-likeness (QED) is 0.756. The number of nitrogens with one attached hydrogen (secondary N) is 2. The fourth-order valence-corrected chi connectivity index (χ4v) is 8.63. The van der Waals surface area contributed by atoms with Crippen LogP contribution in [0.1, 0.15) is 39.0 Å². The van der Waals surface area contributed by atoms with Gasteiger partial charge in [0.1, 0.15) is 0 Å². The van der Waals surface area contributed by atoms with Crippen molar-refractivity contribution >= 4 is 31.3 Å². The summed E-state index contributed by atoms with van der Waals surface area (Å²) in [4.78, 5) is 11.2. The van der Waals surface area contributed by atoms with Crippen LogP contribution in [0.3, 0.4) is 0 Å². The molecule has 2 atom stereocenters. The van der Waals surface area contributed by atoms with Gasteiger partial charge in [-0.1, -0.05) is 19.3 Å². The van der Waals surface area contributed by atoms with Crippen molar-refractivity contribution in [1.82, 2.24) is 5.32 Å². The maximum atomic E-state index is 13.1. The maximum Gasteiger partial charge on any atom is 0.221 e. The van der Waals surface area contributed by atoms with Gasteiger partial charge in [-0.3, -0.25) is 4.79 Å². The molecule has 3 rings (SSSR count). The van der Waals surface area contributed by atoms with Crippen molar-refractivity contribution in [2.24, 2.45) is 0 Å². The number of amides is 1. The molecule has 27 heavy (non-hydrogen) atoms. The predicted octanol–water partition coefficient (Wildman–Crippen LogP) is 1.51. The molecule has 1 saturated heterocycles. The summed E-state index contributed by atoms with van der Waals surface area (Å²) in [5.74, 6) is -0.742. The van der Waals surface area contributed by atoms with Crippen molar-refractivity contribution in [3.8, 4) is 0 Å². The van der Waals surface area contributed by atoms with Crippen LogP contribution >= 0.6 is 0 Å². The zero-order valence-corrected chi connectivity index (χ0v) is 17.0. The van der Waals surface area contributed by atoms with Crippen molar-refractivity contribution in [2.45, 2.75) is 61.3 Å². The topological polar surface area (TPSA) is 109 Å². The van der Waals surface area contributed by atoms with E-state index >= 15 is 0 Å². The van der Waals surface area contributed by atoms with E-state index in [1.807, 2.05) is 0 Å². The first-order valence-electron chi connectivity index (χ1n) is 9.25. The largest absolute Gasteiger partial charge is 0.326 e. The van der Waals surface area contributed by atoms with Gasteiger partial charge in [0.15, 0.2) is 19.7 Å². The first-order chi connectivity index (χ1) is 12.7. The van der Waals surface area contributed by atoms with Crippen LogP contribution in [-0.2, 0) is 24.5 Å². The molecular formula is C18H26N2O5S2. The van der Waals surface area contributed by atoms with Gasteiger partial charge in [0, 0.05) is 24.7 Å². The molecule has 1 saturated carbocycles. The van der Waals surface area contributed by atoms with Crippen molar-refractivity contribution in [2.75, 3.05) is 16.8 Å². The summed E-state index contributed by atoms with van der Waals surface area (Å²) in [5, 5.41) is 4.92. The van der Waals surface area contributed by atoms with Crippen LogP contribution in [-0.4, -0.2) is 51.6 Å². The summed E-state index contributed by atoms with van der Waals surface area (Å²) in [6, 6.07) is 5.46. The van der Waals surface area contributed by atoms with Gasteiger partial charge in [-0.2, -0.15) is 0 Å². The minimum atomic E-state index is -3.81. The van der Waals surface area contributed by atoms with Gasteiger partial charge in [0.25, 0.3) is 0 Å². The molecule has 2 fully saturated rings. The number of hydrogen-bond acceptors (Lipinski definition) is 6. The Bertz CT molecular complexity index is 888. The van der Waals surface area contributed by atoms with Crippen LogP contribution in [0, 0.1) is 0 Å². The molecule has 0 bridgehead atoms. The Morgan fingerprint density at radius 1 is 1.04 bits per heavy atom. The van der Waals surface area contributed by atoms with E-state index in [4.69, 9.17) is 0 Å². The second kappa shape index (κ2) is 7.89. The average molecular weight is 415 g/mol. The Kier molecular flexibility index (Phi) is 5.93. The van der Waals surface area contributed by atoms with Crippen molar-refractivity contribution < 1.29 is 21.6 Å². The van der Waals surface area contributed by atoms with E-state index in [0.717, 1.165) is 25.7 Å². The van der Waals surface area contributed by atoms with Gasteiger partial charge < -0.3 is 10.6 Å². The third-order valence-electron chi connectivity index (χ3n) is 5.26. The third kappa shape index (κ3) is 4.89. The second-order valence-electron chi connectivity index (χ2n) is 7.47. The zero-order chi connectivity index (χ0) is 19.7. The summed E-state index contributed by atoms with van der Waals surface area (Å²) in [6.07, 6.45) is 5.24. The number of sulfone groups is 2. The molecule has 7 nitrogen and oxygen atoms in total. The van der Waals surface area contributed by atoms with E-state index in [-0.39, 0.29) is 28.4 Å². The Balaban J connectivity index is 1.82. The molecule has 9 heteroatoms. The van der Waals surface area contributed by atoms with Gasteiger partial charge in [-0.15, -0.1) is 0 Å². The molecule has 0 aromatic heterocycles. The Hall–Kier alpha value is -1.45. The number of carbonyl (C=O) groups excluding carboxylic acids is 1. The number of rotatable bonds is 5. The van der Waals surface area contributed by atoms with Crippen molar-refractivity contribution in [3.63, 3.8) is 0 Å². The fraction of sp³-hybridized carbons (Fsp3) is 0.611. The maximum absolute atomic E-state index is 13.1. The molecule has 1 aliphatic carbocycles. The number of benzene rings is 1. The van der Waals surface area contributed by atoms with Crippen molar-refractivity contribution in [3.05, 3.63) is 24.3 Å². The summed E-state index contributed by atoms with van der Waals surface area (Å²) in [6.45, 7) is 1.37. The lowest BCUT2D eigenvalue weighted by molar-refractivity contribution is -0.114. The molecule has 1 heterocycles. The molecule has 1 aromatic rings. The smallest absolute Gasteiger partial charge is 0.221 e. The van der Waals surface area contributed by atoms with E-state index in [2.05, 4.69) is 10.6 Å². The number of anilines is 1. The first kappa shape index (κ1) is 20.3. The van der Waals surface area contributed by atoms with Crippen LogP contribution in [0.25, 0.3) is 0 Å². The van der Waals surface area contributed by atoms with E-state index in [0.29, 0.717) is 5.69 Å². The molecule has 1 aromatic carbocycles. The number of carbonyl (C=O) groups is 1. The molecule has 2 aliphatic rings. The van der Waals surface area contributed by atoms with E-state index in [9.17, 15) is 21.6 Å². The van der Waals surface area contributed by atoms with Crippen LogP contribution < -0.4 is 10.6 Å². The fourth-order valence-electron chi connectivity index (χ4n) is 3.95. The molecule has 1 amide bonds. The summed E-state index contributed by atoms with van der Waals surface area (Å²) in [7, 11) is -7.22. The highest BCUT2D eigenvalue weighted by molar-refractivity contribution is 7.96. The SMILES string of the molecule is CC(=O)Nc1ccc(S(=O)(=O)C2CS(=O)(=O)CC2NC2CCCCC2)cc1. The molecule has 2 unspecified atom stereocenters. The Labute approximate surface area is 160 Å². The monoisotopic (exact) mass is 414 g/mol. The highest BCUT2D eigenvalue weighted by Gasteiger charge is 2.46. The molecule has 150 valence electrons. The van der Waals surface area contributed by atoms with Crippen LogP contribution in [0.15, 0.2) is 29.2 Å². The van der Waals surface area contributed by atoms with Crippen LogP contribution in [0.2, 0.25) is 0 Å². The molecule has 1 aliphatic heterocycles. The molecule has 2 N–H and O–H groups in total. The van der Waals surface area contributed by atoms with Crippen LogP contribution in [0.5, 0.6) is 0 Å². The standard InChI is InChI=1S/C18H26N2O5S2/c1-13(21)19-15-7-9-16(10-8-15)27(24,25)18-12-26(22,23)11-17(18)20-14-5-3-2-4-6-14/h7-10,14,17-18,20H,2-6,11-12H2,1H3,(H,19,21). The lowest BCUT2D eigenvalue weighted by Crippen LogP contribution is -2.48. The number of hydrogen-bond donors (Lipinski definition) is 2. The van der Waals surface area contributed by atoms with Gasteiger partial charge in [-0.05, 0) is 37.1 Å². The van der Waals surface area contributed by atoms with Crippen LogP contribution in [0.4, 0.5) is 5.69 Å². The Morgan fingerprint density at radius 3 is 2.26 bits per heavy atom. The van der Waals surface area contributed by atoms with Gasteiger partial charge in [-0.25, -0.2) is 16.8 Å². The normalized spacial score (nSPS) is 26.0. The van der Waals surface area contributed by atoms with E-state index in [1.165, 1.54) is 37.6 Å². The third-order valence-corrected chi connectivity index (χ3v) is 9.42. The lowest BCUT2D eigenvalue weighted by Gasteiger charge is -2.28. The minimum Gasteiger partial charge on any atom is -0.326 e. The predicted molar refractivity (Wildman–Crippen MR) is 104 cm³/mol. The van der Waals surface area contributed by atoms with Crippen molar-refractivity contribution in [1.29, 1.82) is 0 Å². The highest BCUT2D eigenvalue weighted by atomic mass is 32.2. The van der Waals surface area contributed by atoms with E-state index in [1.54, 1.807) is 0 Å². The van der Waals surface area contributed by atoms with Gasteiger partial charge in [0.2, 0.25) is 5.91 Å². The summed E-state index contributed by atoms with van der Waals surface area (Å²) < 4.78 is 50.6. The highest BCUT2D eigenvalue weighted by Crippen LogP contribution is 2.28. The minimum absolute atomic E-state index is 0.0779. The summed E-state index contributed by atoms with van der Waals surface area (Å²) >= 11 is 0. The average Bonchev–Trinajstić information content (AvgIpc) is 2.91.